The highest BCUT2D eigenvalue weighted by atomic mass is 16.5. The largest absolute Gasteiger partial charge is 0.464 e. The first-order valence-corrected chi connectivity index (χ1v) is 6.70. The smallest absolute Gasteiger partial charge is 0.354 e. The summed E-state index contributed by atoms with van der Waals surface area (Å²) in [6, 6.07) is 4.24. The van der Waals surface area contributed by atoms with Crippen molar-refractivity contribution in [1.29, 1.82) is 0 Å². The van der Waals surface area contributed by atoms with Crippen LogP contribution >= 0.6 is 0 Å². The number of carbonyl (C=O) groups excluding carboxylic acids is 1. The van der Waals surface area contributed by atoms with Crippen molar-refractivity contribution >= 4 is 5.97 Å². The maximum Gasteiger partial charge on any atom is 0.354 e. The van der Waals surface area contributed by atoms with Gasteiger partial charge in [-0.2, -0.15) is 0 Å². The van der Waals surface area contributed by atoms with Gasteiger partial charge in [-0.25, -0.2) is 4.79 Å². The molecule has 1 aromatic heterocycles. The molecule has 0 saturated heterocycles. The van der Waals surface area contributed by atoms with Gasteiger partial charge in [-0.05, 0) is 37.8 Å². The molecule has 100 valence electrons. The van der Waals surface area contributed by atoms with Crippen LogP contribution in [0.4, 0.5) is 0 Å². The predicted octanol–water partition coefficient (Wildman–Crippen LogP) is 2.47. The van der Waals surface area contributed by atoms with Crippen LogP contribution in [0.5, 0.6) is 0 Å². The lowest BCUT2D eigenvalue weighted by Crippen LogP contribution is -2.31. The van der Waals surface area contributed by atoms with Crippen LogP contribution in [0, 0.1) is 5.92 Å². The Morgan fingerprint density at radius 2 is 2.22 bits per heavy atom. The summed E-state index contributed by atoms with van der Waals surface area (Å²) in [7, 11) is 1.39. The topological polar surface area (TPSA) is 54.1 Å². The van der Waals surface area contributed by atoms with E-state index in [0.29, 0.717) is 11.7 Å². The minimum absolute atomic E-state index is 0.315. The van der Waals surface area contributed by atoms with E-state index in [1.165, 1.54) is 32.8 Å². The van der Waals surface area contributed by atoms with Crippen LogP contribution in [0.1, 0.15) is 48.8 Å². The van der Waals surface area contributed by atoms with Crippen molar-refractivity contribution in [3.05, 3.63) is 23.5 Å². The normalized spacial score (nSPS) is 17.9. The molecular formula is C14H22N2O2. The number of aromatic amines is 1. The van der Waals surface area contributed by atoms with E-state index >= 15 is 0 Å². The molecule has 0 unspecified atom stereocenters. The molecule has 0 aromatic carbocycles. The second kappa shape index (κ2) is 6.05. The van der Waals surface area contributed by atoms with Crippen molar-refractivity contribution in [1.82, 2.24) is 10.3 Å². The zero-order valence-corrected chi connectivity index (χ0v) is 11.2. The molecule has 2 N–H and O–H groups in total. The van der Waals surface area contributed by atoms with Crippen LogP contribution in [-0.4, -0.2) is 24.1 Å². The molecule has 18 heavy (non-hydrogen) atoms. The number of hydrogen-bond donors (Lipinski definition) is 2. The molecule has 0 bridgehead atoms. The van der Waals surface area contributed by atoms with E-state index in [9.17, 15) is 4.79 Å². The molecule has 0 aliphatic heterocycles. The molecule has 1 fully saturated rings. The average Bonchev–Trinajstić information content (AvgIpc) is 3.05. The molecule has 0 spiro atoms. The van der Waals surface area contributed by atoms with Crippen LogP contribution in [0.15, 0.2) is 12.1 Å². The van der Waals surface area contributed by atoms with Gasteiger partial charge in [-0.1, -0.05) is 12.8 Å². The first-order chi connectivity index (χ1) is 8.70. The standard InChI is InChI=1S/C14H22N2O2/c1-10(11-5-3-4-6-11)15-9-12-7-8-13(16-12)14(17)18-2/h7-8,10-11,15-16H,3-6,9H2,1-2H3/t10-/m1/s1. The summed E-state index contributed by atoms with van der Waals surface area (Å²) in [5, 5.41) is 3.53. The summed E-state index contributed by atoms with van der Waals surface area (Å²) in [6.07, 6.45) is 5.41. The third kappa shape index (κ3) is 3.13. The van der Waals surface area contributed by atoms with Gasteiger partial charge in [-0.15, -0.1) is 0 Å². The molecule has 4 nitrogen and oxygen atoms in total. The Morgan fingerprint density at radius 1 is 1.50 bits per heavy atom. The average molecular weight is 250 g/mol. The Balaban J connectivity index is 1.82. The Kier molecular flexibility index (Phi) is 4.42. The lowest BCUT2D eigenvalue weighted by atomic mass is 10.00. The number of methoxy groups -OCH3 is 1. The molecule has 1 saturated carbocycles. The van der Waals surface area contributed by atoms with Crippen LogP contribution in [0.25, 0.3) is 0 Å². The number of nitrogens with one attached hydrogen (secondary N) is 2. The SMILES string of the molecule is COC(=O)c1ccc(CN[C@H](C)C2CCCC2)[nH]1. The van der Waals surface area contributed by atoms with Gasteiger partial charge >= 0.3 is 5.97 Å². The lowest BCUT2D eigenvalue weighted by Gasteiger charge is -2.19. The molecule has 1 heterocycles. The van der Waals surface area contributed by atoms with Gasteiger partial charge in [0.15, 0.2) is 0 Å². The zero-order chi connectivity index (χ0) is 13.0. The molecule has 4 heteroatoms. The minimum Gasteiger partial charge on any atom is -0.464 e. The van der Waals surface area contributed by atoms with E-state index < -0.39 is 0 Å². The van der Waals surface area contributed by atoms with Crippen molar-refractivity contribution in [2.75, 3.05) is 7.11 Å². The highest BCUT2D eigenvalue weighted by Crippen LogP contribution is 2.27. The van der Waals surface area contributed by atoms with Gasteiger partial charge in [0.2, 0.25) is 0 Å². The summed E-state index contributed by atoms with van der Waals surface area (Å²) in [4.78, 5) is 14.4. The van der Waals surface area contributed by atoms with E-state index in [1.807, 2.05) is 6.07 Å². The molecule has 1 aliphatic rings. The Morgan fingerprint density at radius 3 is 2.89 bits per heavy atom. The summed E-state index contributed by atoms with van der Waals surface area (Å²) in [6.45, 7) is 3.02. The van der Waals surface area contributed by atoms with Gasteiger partial charge in [0.1, 0.15) is 5.69 Å². The van der Waals surface area contributed by atoms with Gasteiger partial charge < -0.3 is 15.0 Å². The number of esters is 1. The van der Waals surface area contributed by atoms with Gasteiger partial charge in [-0.3, -0.25) is 0 Å². The van der Waals surface area contributed by atoms with Crippen molar-refractivity contribution in [2.45, 2.75) is 45.2 Å². The highest BCUT2D eigenvalue weighted by molar-refractivity contribution is 5.87. The molecule has 1 atom stereocenters. The number of H-pyrrole nitrogens is 1. The molecule has 0 radical (unpaired) electrons. The summed E-state index contributed by atoms with van der Waals surface area (Å²) in [5.74, 6) is 0.491. The zero-order valence-electron chi connectivity index (χ0n) is 11.2. The van der Waals surface area contributed by atoms with Crippen molar-refractivity contribution in [3.8, 4) is 0 Å². The molecular weight excluding hydrogens is 228 g/mol. The molecule has 1 aromatic rings. The number of rotatable bonds is 5. The Hall–Kier alpha value is -1.29. The maximum atomic E-state index is 11.3. The van der Waals surface area contributed by atoms with Gasteiger partial charge in [0.05, 0.1) is 7.11 Å². The molecule has 2 rings (SSSR count). The quantitative estimate of drug-likeness (QED) is 0.789. The first kappa shape index (κ1) is 13.1. The van der Waals surface area contributed by atoms with E-state index in [4.69, 9.17) is 0 Å². The minimum atomic E-state index is -0.315. The van der Waals surface area contributed by atoms with Crippen molar-refractivity contribution in [2.24, 2.45) is 5.92 Å². The third-order valence-electron chi connectivity index (χ3n) is 3.87. The van der Waals surface area contributed by atoms with Crippen LogP contribution in [0.3, 0.4) is 0 Å². The highest BCUT2D eigenvalue weighted by Gasteiger charge is 2.21. The fraction of sp³-hybridized carbons (Fsp3) is 0.643. The second-order valence-electron chi connectivity index (χ2n) is 5.10. The first-order valence-electron chi connectivity index (χ1n) is 6.70. The van der Waals surface area contributed by atoms with Gasteiger partial charge in [0.25, 0.3) is 0 Å². The van der Waals surface area contributed by atoms with E-state index in [-0.39, 0.29) is 5.97 Å². The van der Waals surface area contributed by atoms with E-state index in [1.54, 1.807) is 6.07 Å². The van der Waals surface area contributed by atoms with Gasteiger partial charge in [0, 0.05) is 18.3 Å². The number of hydrogen-bond acceptors (Lipinski definition) is 3. The van der Waals surface area contributed by atoms with Crippen LogP contribution in [-0.2, 0) is 11.3 Å². The molecule has 0 amide bonds. The predicted molar refractivity (Wildman–Crippen MR) is 70.4 cm³/mol. The fourth-order valence-electron chi connectivity index (χ4n) is 2.67. The van der Waals surface area contributed by atoms with E-state index in [2.05, 4.69) is 22.0 Å². The summed E-state index contributed by atoms with van der Waals surface area (Å²) in [5.41, 5.74) is 1.54. The summed E-state index contributed by atoms with van der Waals surface area (Å²) >= 11 is 0. The fourth-order valence-corrected chi connectivity index (χ4v) is 2.67. The van der Waals surface area contributed by atoms with Crippen molar-refractivity contribution < 1.29 is 9.53 Å². The Bertz CT molecular complexity index is 394. The third-order valence-corrected chi connectivity index (χ3v) is 3.87. The number of carbonyl (C=O) groups is 1. The van der Waals surface area contributed by atoms with E-state index in [0.717, 1.165) is 18.2 Å². The number of ether oxygens (including phenoxy) is 1. The second-order valence-corrected chi connectivity index (χ2v) is 5.10. The van der Waals surface area contributed by atoms with Crippen LogP contribution < -0.4 is 5.32 Å². The maximum absolute atomic E-state index is 11.3. The van der Waals surface area contributed by atoms with Crippen LogP contribution in [0.2, 0.25) is 0 Å². The van der Waals surface area contributed by atoms with Crippen molar-refractivity contribution in [3.63, 3.8) is 0 Å². The molecule has 1 aliphatic carbocycles. The lowest BCUT2D eigenvalue weighted by molar-refractivity contribution is 0.0594. The number of aromatic nitrogens is 1. The summed E-state index contributed by atoms with van der Waals surface area (Å²) < 4.78 is 4.67. The Labute approximate surface area is 108 Å². The monoisotopic (exact) mass is 250 g/mol.